The summed E-state index contributed by atoms with van der Waals surface area (Å²) in [6.07, 6.45) is 4.17. The summed E-state index contributed by atoms with van der Waals surface area (Å²) in [7, 11) is -3.79. The minimum absolute atomic E-state index is 0.0174. The Bertz CT molecular complexity index is 1300. The molecule has 0 aliphatic heterocycles. The van der Waals surface area contributed by atoms with E-state index < -0.39 is 10.0 Å². The van der Waals surface area contributed by atoms with Crippen molar-refractivity contribution in [3.05, 3.63) is 46.5 Å². The summed E-state index contributed by atoms with van der Waals surface area (Å²) in [5.74, 6) is 0.249. The van der Waals surface area contributed by atoms with E-state index in [-0.39, 0.29) is 16.2 Å². The van der Waals surface area contributed by atoms with Gasteiger partial charge in [-0.15, -0.1) is 11.3 Å². The van der Waals surface area contributed by atoms with E-state index in [1.807, 2.05) is 0 Å². The van der Waals surface area contributed by atoms with E-state index in [1.165, 1.54) is 41.2 Å². The van der Waals surface area contributed by atoms with Crippen LogP contribution < -0.4 is 16.2 Å². The molecule has 1 aliphatic rings. The zero-order chi connectivity index (χ0) is 23.3. The van der Waals surface area contributed by atoms with Crippen molar-refractivity contribution in [2.45, 2.75) is 51.3 Å². The van der Waals surface area contributed by atoms with Gasteiger partial charge >= 0.3 is 0 Å². The first-order valence-electron chi connectivity index (χ1n) is 10.6. The highest BCUT2D eigenvalue weighted by molar-refractivity contribution is 7.89. The predicted octanol–water partition coefficient (Wildman–Crippen LogP) is 4.32. The molecule has 0 fully saturated rings. The van der Waals surface area contributed by atoms with Gasteiger partial charge in [-0.1, -0.05) is 27.2 Å². The Balaban J connectivity index is 1.61. The molecule has 1 atom stereocenters. The number of carbonyl (C=O) groups is 1. The molecule has 4 rings (SSSR count). The fraction of sp³-hybridized carbons (Fsp3) is 0.391. The minimum atomic E-state index is -3.79. The molecule has 5 N–H and O–H groups in total. The molecule has 0 saturated heterocycles. The lowest BCUT2D eigenvalue weighted by atomic mass is 9.69. The normalized spacial score (nSPS) is 16.7. The third kappa shape index (κ3) is 4.24. The molecule has 170 valence electrons. The Labute approximate surface area is 192 Å². The number of nitrogens with zero attached hydrogens (tertiary/aromatic N) is 1. The Kier molecular flexibility index (Phi) is 5.77. The van der Waals surface area contributed by atoms with Crippen LogP contribution >= 0.6 is 11.3 Å². The molecule has 1 amide bonds. The number of pyridine rings is 1. The molecule has 9 heteroatoms. The molecular weight excluding hydrogens is 444 g/mol. The lowest BCUT2D eigenvalue weighted by Crippen LogP contribution is -2.29. The lowest BCUT2D eigenvalue weighted by molar-refractivity contribution is 0.103. The second-order valence-electron chi connectivity index (χ2n) is 9.10. The minimum Gasteiger partial charge on any atom is -0.397 e. The molecule has 2 aromatic heterocycles. The Morgan fingerprint density at radius 2 is 1.97 bits per heavy atom. The van der Waals surface area contributed by atoms with Crippen molar-refractivity contribution in [2.24, 2.45) is 16.5 Å². The van der Waals surface area contributed by atoms with Gasteiger partial charge in [0.2, 0.25) is 10.0 Å². The van der Waals surface area contributed by atoms with E-state index in [2.05, 4.69) is 32.2 Å². The van der Waals surface area contributed by atoms with Crippen LogP contribution in [0.25, 0.3) is 10.2 Å². The van der Waals surface area contributed by atoms with Crippen LogP contribution in [0.4, 0.5) is 11.4 Å². The molecular formula is C23H28N4O3S2. The predicted molar refractivity (Wildman–Crippen MR) is 129 cm³/mol. The van der Waals surface area contributed by atoms with Crippen molar-refractivity contribution in [1.82, 2.24) is 4.98 Å². The number of nitrogen functional groups attached to an aromatic ring is 1. The van der Waals surface area contributed by atoms with Crippen LogP contribution in [-0.2, 0) is 22.9 Å². The lowest BCUT2D eigenvalue weighted by Gasteiger charge is -2.36. The third-order valence-electron chi connectivity index (χ3n) is 6.75. The van der Waals surface area contributed by atoms with Crippen LogP contribution in [0.15, 0.2) is 35.2 Å². The van der Waals surface area contributed by atoms with Gasteiger partial charge in [0, 0.05) is 16.8 Å². The highest BCUT2D eigenvalue weighted by Crippen LogP contribution is 2.42. The van der Waals surface area contributed by atoms with Crippen LogP contribution in [-0.4, -0.2) is 19.3 Å². The highest BCUT2D eigenvalue weighted by atomic mass is 32.2. The quantitative estimate of drug-likeness (QED) is 0.509. The average molecular weight is 473 g/mol. The van der Waals surface area contributed by atoms with Gasteiger partial charge in [0.1, 0.15) is 9.71 Å². The Morgan fingerprint density at radius 1 is 1.28 bits per heavy atom. The highest BCUT2D eigenvalue weighted by Gasteiger charge is 2.32. The van der Waals surface area contributed by atoms with Gasteiger partial charge in [0.15, 0.2) is 0 Å². The Morgan fingerprint density at radius 3 is 2.59 bits per heavy atom. The van der Waals surface area contributed by atoms with E-state index in [1.54, 1.807) is 0 Å². The number of benzene rings is 1. The fourth-order valence-corrected chi connectivity index (χ4v) is 5.74. The fourth-order valence-electron chi connectivity index (χ4n) is 4.23. The Hall–Kier alpha value is -2.49. The van der Waals surface area contributed by atoms with Crippen LogP contribution in [0.5, 0.6) is 0 Å². The number of aromatic nitrogens is 1. The molecule has 0 radical (unpaired) electrons. The third-order valence-corrected chi connectivity index (χ3v) is 8.79. The number of carbonyl (C=O) groups excluding carboxylic acids is 1. The maximum absolute atomic E-state index is 12.9. The van der Waals surface area contributed by atoms with E-state index in [4.69, 9.17) is 15.9 Å². The molecule has 3 aromatic rings. The summed E-state index contributed by atoms with van der Waals surface area (Å²) >= 11 is 1.28. The van der Waals surface area contributed by atoms with Gasteiger partial charge in [-0.3, -0.25) is 4.79 Å². The maximum Gasteiger partial charge on any atom is 0.267 e. The number of nitrogens with two attached hydrogens (primary N) is 2. The van der Waals surface area contributed by atoms with Crippen LogP contribution in [0, 0.1) is 11.3 Å². The van der Waals surface area contributed by atoms with Crippen molar-refractivity contribution in [1.29, 1.82) is 0 Å². The van der Waals surface area contributed by atoms with E-state index in [0.717, 1.165) is 41.6 Å². The van der Waals surface area contributed by atoms with Crippen LogP contribution in [0.3, 0.4) is 0 Å². The number of nitrogens with one attached hydrogen (secondary N) is 1. The van der Waals surface area contributed by atoms with Crippen LogP contribution in [0.1, 0.15) is 54.5 Å². The first kappa shape index (κ1) is 22.7. The summed E-state index contributed by atoms with van der Waals surface area (Å²) in [4.78, 5) is 18.9. The zero-order valence-electron chi connectivity index (χ0n) is 18.4. The van der Waals surface area contributed by atoms with Gasteiger partial charge < -0.3 is 11.1 Å². The number of hydrogen-bond acceptors (Lipinski definition) is 6. The van der Waals surface area contributed by atoms with Crippen molar-refractivity contribution in [2.75, 3.05) is 11.1 Å². The number of sulfonamides is 1. The molecule has 7 nitrogen and oxygen atoms in total. The molecule has 0 bridgehead atoms. The molecule has 1 aromatic carbocycles. The van der Waals surface area contributed by atoms with Crippen molar-refractivity contribution in [3.63, 3.8) is 0 Å². The van der Waals surface area contributed by atoms with E-state index in [9.17, 15) is 13.2 Å². The average Bonchev–Trinajstić information content (AvgIpc) is 3.07. The van der Waals surface area contributed by atoms with Crippen LogP contribution in [0.2, 0.25) is 0 Å². The summed E-state index contributed by atoms with van der Waals surface area (Å²) in [5, 5.41) is 8.71. The maximum atomic E-state index is 12.9. The smallest absolute Gasteiger partial charge is 0.267 e. The standard InChI is InChI=1S/C23H28N4O3S2/c1-4-23(2,3)14-5-10-18-13(11-14)12-17-19(24)20(31-22(17)27-18)21(28)26-15-6-8-16(9-7-15)32(25,29)30/h6-9,12,14H,4-5,10-11,24H2,1-3H3,(H,26,28)(H2,25,29,30)/t14-/m0/s1. The molecule has 0 unspecified atom stereocenters. The van der Waals surface area contributed by atoms with Crippen molar-refractivity contribution < 1.29 is 13.2 Å². The topological polar surface area (TPSA) is 128 Å². The van der Waals surface area contributed by atoms with Crippen molar-refractivity contribution in [3.8, 4) is 0 Å². The number of amides is 1. The molecule has 0 saturated carbocycles. The first-order chi connectivity index (χ1) is 15.0. The first-order valence-corrected chi connectivity index (χ1v) is 13.0. The van der Waals surface area contributed by atoms with E-state index in [0.29, 0.717) is 22.2 Å². The number of fused-ring (bicyclic) bond motifs is 2. The van der Waals surface area contributed by atoms with Gasteiger partial charge in [0.05, 0.1) is 10.6 Å². The number of thiophene rings is 1. The van der Waals surface area contributed by atoms with Gasteiger partial charge in [-0.25, -0.2) is 18.5 Å². The number of anilines is 2. The van der Waals surface area contributed by atoms with Gasteiger partial charge in [-0.05, 0) is 66.5 Å². The molecule has 32 heavy (non-hydrogen) atoms. The monoisotopic (exact) mass is 472 g/mol. The van der Waals surface area contributed by atoms with Crippen molar-refractivity contribution >= 4 is 48.9 Å². The number of rotatable bonds is 5. The second kappa shape index (κ2) is 8.13. The molecule has 2 heterocycles. The summed E-state index contributed by atoms with van der Waals surface area (Å²) in [5.41, 5.74) is 9.86. The zero-order valence-corrected chi connectivity index (χ0v) is 20.1. The summed E-state index contributed by atoms with van der Waals surface area (Å²) in [6.45, 7) is 6.89. The summed E-state index contributed by atoms with van der Waals surface area (Å²) in [6, 6.07) is 7.80. The number of hydrogen-bond donors (Lipinski definition) is 3. The van der Waals surface area contributed by atoms with E-state index >= 15 is 0 Å². The number of primary sulfonamides is 1. The van der Waals surface area contributed by atoms with Gasteiger partial charge in [0.25, 0.3) is 5.91 Å². The molecule has 1 aliphatic carbocycles. The largest absolute Gasteiger partial charge is 0.397 e. The summed E-state index contributed by atoms with van der Waals surface area (Å²) < 4.78 is 22.8. The SMILES string of the molecule is CCC(C)(C)[C@H]1CCc2nc3sc(C(=O)Nc4ccc(S(N)(=O)=O)cc4)c(N)c3cc2C1. The van der Waals surface area contributed by atoms with Gasteiger partial charge in [-0.2, -0.15) is 0 Å². The number of aryl methyl sites for hydroxylation is 1. The second-order valence-corrected chi connectivity index (χ2v) is 11.7. The molecule has 0 spiro atoms.